The third-order valence-corrected chi connectivity index (χ3v) is 7.99. The molecule has 0 saturated carbocycles. The number of carbonyl (C=O) groups is 2. The Balaban J connectivity index is 2.03. The third kappa shape index (κ3) is 7.35. The molecule has 0 fully saturated rings. The van der Waals surface area contributed by atoms with Crippen molar-refractivity contribution in [3.63, 3.8) is 0 Å². The molecule has 10 heteroatoms. The van der Waals surface area contributed by atoms with E-state index in [0.717, 1.165) is 15.9 Å². The van der Waals surface area contributed by atoms with E-state index >= 15 is 0 Å². The highest BCUT2D eigenvalue weighted by Crippen LogP contribution is 2.27. The van der Waals surface area contributed by atoms with Crippen LogP contribution in [-0.4, -0.2) is 51.4 Å². The minimum absolute atomic E-state index is 0.00639. The van der Waals surface area contributed by atoms with Crippen LogP contribution >= 0.6 is 0 Å². The van der Waals surface area contributed by atoms with E-state index in [4.69, 9.17) is 4.74 Å². The van der Waals surface area contributed by atoms with Crippen molar-refractivity contribution >= 4 is 27.5 Å². The smallest absolute Gasteiger partial charge is 0.264 e. The predicted octanol–water partition coefficient (Wildman–Crippen LogP) is 4.28. The molecule has 39 heavy (non-hydrogen) atoms. The second-order valence-electron chi connectivity index (χ2n) is 9.12. The maximum atomic E-state index is 14.9. The van der Waals surface area contributed by atoms with Gasteiger partial charge in [-0.1, -0.05) is 48.9 Å². The van der Waals surface area contributed by atoms with Gasteiger partial charge in [-0.3, -0.25) is 13.9 Å². The van der Waals surface area contributed by atoms with Gasteiger partial charge in [0.25, 0.3) is 10.0 Å². The number of amides is 2. The first kappa shape index (κ1) is 29.6. The third-order valence-electron chi connectivity index (χ3n) is 6.21. The number of halogens is 1. The summed E-state index contributed by atoms with van der Waals surface area (Å²) in [5.41, 5.74) is 1.26. The maximum absolute atomic E-state index is 14.9. The van der Waals surface area contributed by atoms with Crippen LogP contribution < -0.4 is 14.4 Å². The molecule has 0 unspecified atom stereocenters. The van der Waals surface area contributed by atoms with Gasteiger partial charge in [-0.05, 0) is 62.2 Å². The van der Waals surface area contributed by atoms with Crippen LogP contribution in [0.15, 0.2) is 77.7 Å². The van der Waals surface area contributed by atoms with Gasteiger partial charge < -0.3 is 15.0 Å². The number of carbonyl (C=O) groups excluding carboxylic acids is 2. The summed E-state index contributed by atoms with van der Waals surface area (Å²) >= 11 is 0. The number of ether oxygens (including phenoxy) is 1. The van der Waals surface area contributed by atoms with Crippen molar-refractivity contribution in [1.82, 2.24) is 10.2 Å². The molecule has 3 aromatic carbocycles. The summed E-state index contributed by atoms with van der Waals surface area (Å²) in [5, 5.41) is 2.78. The lowest BCUT2D eigenvalue weighted by atomic mass is 10.1. The number of anilines is 1. The Kier molecular flexibility index (Phi) is 10.1. The van der Waals surface area contributed by atoms with Crippen molar-refractivity contribution in [3.05, 3.63) is 89.7 Å². The lowest BCUT2D eigenvalue weighted by molar-refractivity contribution is -0.139. The molecule has 0 bridgehead atoms. The van der Waals surface area contributed by atoms with Crippen LogP contribution in [-0.2, 0) is 26.2 Å². The van der Waals surface area contributed by atoms with E-state index in [2.05, 4.69) is 5.32 Å². The molecule has 2 amide bonds. The SMILES string of the molecule is CCCNC(=O)[C@H](C)N(Cc1cccc(OC)c1)C(=O)CN(c1ccccc1F)S(=O)(=O)c1ccc(C)cc1. The molecule has 0 heterocycles. The molecule has 0 aliphatic rings. The Morgan fingerprint density at radius 2 is 1.72 bits per heavy atom. The topological polar surface area (TPSA) is 96.0 Å². The Bertz CT molecular complexity index is 1400. The highest BCUT2D eigenvalue weighted by Gasteiger charge is 2.33. The van der Waals surface area contributed by atoms with Crippen molar-refractivity contribution in [2.75, 3.05) is 24.5 Å². The summed E-state index contributed by atoms with van der Waals surface area (Å²) in [6, 6.07) is 17.5. The second kappa shape index (κ2) is 13.2. The van der Waals surface area contributed by atoms with E-state index in [9.17, 15) is 22.4 Å². The number of para-hydroxylation sites is 1. The number of hydrogen-bond donors (Lipinski definition) is 1. The second-order valence-corrected chi connectivity index (χ2v) is 11.0. The quantitative estimate of drug-likeness (QED) is 0.360. The van der Waals surface area contributed by atoms with Gasteiger partial charge in [0.1, 0.15) is 24.2 Å². The van der Waals surface area contributed by atoms with Crippen molar-refractivity contribution < 1.29 is 27.1 Å². The number of sulfonamides is 1. The number of rotatable bonds is 12. The van der Waals surface area contributed by atoms with E-state index in [1.165, 1.54) is 42.3 Å². The first-order valence-electron chi connectivity index (χ1n) is 12.6. The molecule has 0 aliphatic carbocycles. The van der Waals surface area contributed by atoms with Crippen LogP contribution in [0.5, 0.6) is 5.75 Å². The van der Waals surface area contributed by atoms with Crippen molar-refractivity contribution in [3.8, 4) is 5.75 Å². The van der Waals surface area contributed by atoms with Gasteiger partial charge in [0, 0.05) is 13.1 Å². The molecule has 8 nitrogen and oxygen atoms in total. The van der Waals surface area contributed by atoms with Crippen LogP contribution in [0.4, 0.5) is 10.1 Å². The van der Waals surface area contributed by atoms with E-state index in [-0.39, 0.29) is 23.0 Å². The summed E-state index contributed by atoms with van der Waals surface area (Å²) < 4.78 is 48.5. The number of methoxy groups -OCH3 is 1. The van der Waals surface area contributed by atoms with Gasteiger partial charge in [0.2, 0.25) is 11.8 Å². The number of benzene rings is 3. The predicted molar refractivity (Wildman–Crippen MR) is 148 cm³/mol. The average Bonchev–Trinajstić information content (AvgIpc) is 2.93. The molecular formula is C29H34FN3O5S. The zero-order valence-corrected chi connectivity index (χ0v) is 23.4. The molecule has 208 valence electrons. The summed E-state index contributed by atoms with van der Waals surface area (Å²) in [7, 11) is -2.82. The van der Waals surface area contributed by atoms with Gasteiger partial charge in [-0.25, -0.2) is 12.8 Å². The van der Waals surface area contributed by atoms with Crippen molar-refractivity contribution in [1.29, 1.82) is 0 Å². The number of aryl methyl sites for hydroxylation is 1. The Hall–Kier alpha value is -3.92. The zero-order chi connectivity index (χ0) is 28.6. The fourth-order valence-electron chi connectivity index (χ4n) is 3.95. The normalized spacial score (nSPS) is 11.9. The summed E-state index contributed by atoms with van der Waals surface area (Å²) in [4.78, 5) is 27.9. The van der Waals surface area contributed by atoms with E-state index in [0.29, 0.717) is 24.3 Å². The largest absolute Gasteiger partial charge is 0.497 e. The number of nitrogens with one attached hydrogen (secondary N) is 1. The van der Waals surface area contributed by atoms with Crippen LogP contribution in [0.2, 0.25) is 0 Å². The molecule has 0 aliphatic heterocycles. The van der Waals surface area contributed by atoms with Gasteiger partial charge in [0.05, 0.1) is 17.7 Å². The molecule has 3 rings (SSSR count). The molecule has 1 atom stereocenters. The fourth-order valence-corrected chi connectivity index (χ4v) is 5.37. The fraction of sp³-hybridized carbons (Fsp3) is 0.310. The average molecular weight is 556 g/mol. The zero-order valence-electron chi connectivity index (χ0n) is 22.6. The highest BCUT2D eigenvalue weighted by atomic mass is 32.2. The van der Waals surface area contributed by atoms with E-state index in [1.807, 2.05) is 13.8 Å². The Morgan fingerprint density at radius 3 is 2.36 bits per heavy atom. The minimum atomic E-state index is -4.34. The monoisotopic (exact) mass is 555 g/mol. The molecule has 0 spiro atoms. The maximum Gasteiger partial charge on any atom is 0.264 e. The van der Waals surface area contributed by atoms with Gasteiger partial charge in [-0.15, -0.1) is 0 Å². The first-order valence-corrected chi connectivity index (χ1v) is 14.1. The highest BCUT2D eigenvalue weighted by molar-refractivity contribution is 7.92. The lowest BCUT2D eigenvalue weighted by Crippen LogP contribution is -2.51. The summed E-state index contributed by atoms with van der Waals surface area (Å²) in [6.45, 7) is 5.01. The van der Waals surface area contributed by atoms with Gasteiger partial charge in [-0.2, -0.15) is 0 Å². The number of nitrogens with zero attached hydrogens (tertiary/aromatic N) is 2. The van der Waals surface area contributed by atoms with Crippen LogP contribution in [0.25, 0.3) is 0 Å². The lowest BCUT2D eigenvalue weighted by Gasteiger charge is -2.32. The first-order chi connectivity index (χ1) is 18.6. The molecule has 3 aromatic rings. The molecule has 0 radical (unpaired) electrons. The van der Waals surface area contributed by atoms with Crippen molar-refractivity contribution in [2.24, 2.45) is 0 Å². The molecule has 1 N–H and O–H groups in total. The standard InChI is InChI=1S/C29H34FN3O5S/c1-5-17-31-29(35)22(3)32(19-23-9-8-10-24(18-23)38-4)28(34)20-33(27-12-7-6-11-26(27)30)39(36,37)25-15-13-21(2)14-16-25/h6-16,18,22H,5,17,19-20H2,1-4H3,(H,31,35)/t22-/m0/s1. The van der Waals surface area contributed by atoms with E-state index < -0.39 is 34.3 Å². The molecular weight excluding hydrogens is 521 g/mol. The Morgan fingerprint density at radius 1 is 1.03 bits per heavy atom. The van der Waals surface area contributed by atoms with E-state index in [1.54, 1.807) is 43.3 Å². The van der Waals surface area contributed by atoms with Crippen LogP contribution in [0.3, 0.4) is 0 Å². The number of hydrogen-bond acceptors (Lipinski definition) is 5. The summed E-state index contributed by atoms with van der Waals surface area (Å²) in [6.07, 6.45) is 0.706. The van der Waals surface area contributed by atoms with Gasteiger partial charge >= 0.3 is 0 Å². The van der Waals surface area contributed by atoms with Crippen LogP contribution in [0, 0.1) is 12.7 Å². The minimum Gasteiger partial charge on any atom is -0.497 e. The van der Waals surface area contributed by atoms with Gasteiger partial charge in [0.15, 0.2) is 0 Å². The Labute approximate surface area is 229 Å². The molecule has 0 saturated heterocycles. The van der Waals surface area contributed by atoms with Crippen LogP contribution in [0.1, 0.15) is 31.4 Å². The molecule has 0 aromatic heterocycles. The van der Waals surface area contributed by atoms with Crippen molar-refractivity contribution in [2.45, 2.75) is 44.7 Å². The summed E-state index contributed by atoms with van der Waals surface area (Å²) in [5.74, 6) is -1.28.